The molecule has 0 aliphatic rings. The highest BCUT2D eigenvalue weighted by molar-refractivity contribution is 5.69. The number of hydrogen-bond acceptors (Lipinski definition) is 4. The highest BCUT2D eigenvalue weighted by Gasteiger charge is 2.09. The van der Waals surface area contributed by atoms with E-state index >= 15 is 0 Å². The SMILES string of the molecule is COc1ccc(CN[C@H](C)c2ccccc2)cc1-c1cncnc1. The van der Waals surface area contributed by atoms with E-state index in [0.29, 0.717) is 0 Å². The van der Waals surface area contributed by atoms with Crippen LogP contribution in [0.2, 0.25) is 0 Å². The van der Waals surface area contributed by atoms with Crippen LogP contribution in [0.25, 0.3) is 11.1 Å². The van der Waals surface area contributed by atoms with E-state index in [1.165, 1.54) is 17.5 Å². The van der Waals surface area contributed by atoms with Gasteiger partial charge >= 0.3 is 0 Å². The first kappa shape index (κ1) is 16.1. The number of methoxy groups -OCH3 is 1. The van der Waals surface area contributed by atoms with Crippen molar-refractivity contribution >= 4 is 0 Å². The van der Waals surface area contributed by atoms with Crippen molar-refractivity contribution in [2.24, 2.45) is 0 Å². The van der Waals surface area contributed by atoms with Gasteiger partial charge in [-0.25, -0.2) is 9.97 Å². The molecular weight excluding hydrogens is 298 g/mol. The van der Waals surface area contributed by atoms with Gasteiger partial charge in [0.1, 0.15) is 12.1 Å². The van der Waals surface area contributed by atoms with Gasteiger partial charge in [-0.2, -0.15) is 0 Å². The Morgan fingerprint density at radius 1 is 1.04 bits per heavy atom. The first-order valence-electron chi connectivity index (χ1n) is 7.98. The monoisotopic (exact) mass is 319 g/mol. The molecule has 1 aromatic heterocycles. The number of benzene rings is 2. The Balaban J connectivity index is 1.77. The second-order valence-electron chi connectivity index (χ2n) is 5.68. The highest BCUT2D eigenvalue weighted by Crippen LogP contribution is 2.30. The average Bonchev–Trinajstić information content (AvgIpc) is 2.67. The number of nitrogens with zero attached hydrogens (tertiary/aromatic N) is 2. The summed E-state index contributed by atoms with van der Waals surface area (Å²) in [7, 11) is 1.68. The maximum absolute atomic E-state index is 5.47. The molecule has 0 spiro atoms. The third-order valence-electron chi connectivity index (χ3n) is 4.05. The van der Waals surface area contributed by atoms with Gasteiger partial charge in [-0.05, 0) is 30.2 Å². The predicted octanol–water partition coefficient (Wildman–Crippen LogP) is 4.00. The Labute approximate surface area is 142 Å². The van der Waals surface area contributed by atoms with Gasteiger partial charge in [0.05, 0.1) is 7.11 Å². The van der Waals surface area contributed by atoms with E-state index in [-0.39, 0.29) is 6.04 Å². The maximum Gasteiger partial charge on any atom is 0.126 e. The lowest BCUT2D eigenvalue weighted by molar-refractivity contribution is 0.416. The van der Waals surface area contributed by atoms with Gasteiger partial charge in [-0.3, -0.25) is 0 Å². The van der Waals surface area contributed by atoms with Crippen molar-refractivity contribution in [1.29, 1.82) is 0 Å². The molecule has 0 radical (unpaired) electrons. The third kappa shape index (κ3) is 3.78. The molecule has 1 atom stereocenters. The maximum atomic E-state index is 5.47. The minimum Gasteiger partial charge on any atom is -0.496 e. The van der Waals surface area contributed by atoms with E-state index in [1.54, 1.807) is 19.5 Å². The summed E-state index contributed by atoms with van der Waals surface area (Å²) in [5.74, 6) is 0.824. The normalized spacial score (nSPS) is 11.9. The molecule has 4 heteroatoms. The average molecular weight is 319 g/mol. The number of hydrogen-bond donors (Lipinski definition) is 1. The quantitative estimate of drug-likeness (QED) is 0.746. The largest absolute Gasteiger partial charge is 0.496 e. The first-order valence-corrected chi connectivity index (χ1v) is 7.98. The summed E-state index contributed by atoms with van der Waals surface area (Å²) >= 11 is 0. The van der Waals surface area contributed by atoms with Gasteiger partial charge in [0.2, 0.25) is 0 Å². The smallest absolute Gasteiger partial charge is 0.126 e. The van der Waals surface area contributed by atoms with Crippen molar-refractivity contribution in [1.82, 2.24) is 15.3 Å². The van der Waals surface area contributed by atoms with Crippen molar-refractivity contribution in [2.45, 2.75) is 19.5 Å². The zero-order chi connectivity index (χ0) is 16.8. The van der Waals surface area contributed by atoms with Crippen molar-refractivity contribution in [2.75, 3.05) is 7.11 Å². The van der Waals surface area contributed by atoms with Crippen LogP contribution in [0.1, 0.15) is 24.1 Å². The molecule has 4 nitrogen and oxygen atoms in total. The van der Waals surface area contributed by atoms with Gasteiger partial charge in [0.25, 0.3) is 0 Å². The fourth-order valence-electron chi connectivity index (χ4n) is 2.66. The van der Waals surface area contributed by atoms with E-state index in [2.05, 4.69) is 58.6 Å². The highest BCUT2D eigenvalue weighted by atomic mass is 16.5. The molecule has 1 heterocycles. The second kappa shape index (κ2) is 7.70. The van der Waals surface area contributed by atoms with Crippen LogP contribution in [-0.2, 0) is 6.54 Å². The van der Waals surface area contributed by atoms with Gasteiger partial charge in [-0.15, -0.1) is 0 Å². The van der Waals surface area contributed by atoms with Gasteiger partial charge in [-0.1, -0.05) is 36.4 Å². The Morgan fingerprint density at radius 3 is 2.50 bits per heavy atom. The van der Waals surface area contributed by atoms with Crippen LogP contribution in [0.4, 0.5) is 0 Å². The summed E-state index contributed by atoms with van der Waals surface area (Å²) in [4.78, 5) is 8.20. The minimum atomic E-state index is 0.289. The Bertz CT molecular complexity index is 775. The van der Waals surface area contributed by atoms with Crippen LogP contribution in [-0.4, -0.2) is 17.1 Å². The lowest BCUT2D eigenvalue weighted by Crippen LogP contribution is -2.18. The fraction of sp³-hybridized carbons (Fsp3) is 0.200. The van der Waals surface area contributed by atoms with Gasteiger partial charge in [0.15, 0.2) is 0 Å². The molecule has 0 saturated heterocycles. The van der Waals surface area contributed by atoms with Crippen LogP contribution in [0.3, 0.4) is 0 Å². The van der Waals surface area contributed by atoms with Gasteiger partial charge < -0.3 is 10.1 Å². The molecule has 3 aromatic rings. The Morgan fingerprint density at radius 2 is 1.79 bits per heavy atom. The van der Waals surface area contributed by atoms with E-state index in [1.807, 2.05) is 12.1 Å². The standard InChI is InChI=1S/C20H21N3O/c1-15(17-6-4-3-5-7-17)23-11-16-8-9-20(24-2)19(10-16)18-12-21-14-22-13-18/h3-10,12-15,23H,11H2,1-2H3/t15-/m1/s1. The summed E-state index contributed by atoms with van der Waals surface area (Å²) in [6.07, 6.45) is 5.13. The van der Waals surface area contributed by atoms with Crippen molar-refractivity contribution < 1.29 is 4.74 Å². The lowest BCUT2D eigenvalue weighted by Gasteiger charge is -2.15. The van der Waals surface area contributed by atoms with E-state index in [4.69, 9.17) is 4.74 Å². The third-order valence-corrected chi connectivity index (χ3v) is 4.05. The fourth-order valence-corrected chi connectivity index (χ4v) is 2.66. The molecular formula is C20H21N3O. The number of aromatic nitrogens is 2. The zero-order valence-corrected chi connectivity index (χ0v) is 13.9. The first-order chi connectivity index (χ1) is 11.8. The Kier molecular flexibility index (Phi) is 5.18. The zero-order valence-electron chi connectivity index (χ0n) is 13.9. The molecule has 0 saturated carbocycles. The van der Waals surface area contributed by atoms with Crippen LogP contribution in [0.5, 0.6) is 5.75 Å². The molecule has 0 aliphatic heterocycles. The van der Waals surface area contributed by atoms with Crippen LogP contribution < -0.4 is 10.1 Å². The summed E-state index contributed by atoms with van der Waals surface area (Å²) in [6.45, 7) is 2.95. The molecule has 0 unspecified atom stereocenters. The van der Waals surface area contributed by atoms with Crippen LogP contribution in [0.15, 0.2) is 67.3 Å². The molecule has 24 heavy (non-hydrogen) atoms. The van der Waals surface area contributed by atoms with E-state index < -0.39 is 0 Å². The van der Waals surface area contributed by atoms with E-state index in [9.17, 15) is 0 Å². The predicted molar refractivity (Wildman–Crippen MR) is 95.7 cm³/mol. The van der Waals surface area contributed by atoms with Crippen molar-refractivity contribution in [3.05, 3.63) is 78.4 Å². The molecule has 0 amide bonds. The van der Waals surface area contributed by atoms with Crippen molar-refractivity contribution in [3.63, 3.8) is 0 Å². The summed E-state index contributed by atoms with van der Waals surface area (Å²) < 4.78 is 5.47. The molecule has 1 N–H and O–H groups in total. The summed E-state index contributed by atoms with van der Waals surface area (Å²) in [5.41, 5.74) is 4.43. The minimum absolute atomic E-state index is 0.289. The molecule has 122 valence electrons. The molecule has 0 bridgehead atoms. The molecule has 0 fully saturated rings. The van der Waals surface area contributed by atoms with Gasteiger partial charge in [0, 0.05) is 36.1 Å². The number of ether oxygens (including phenoxy) is 1. The number of nitrogens with one attached hydrogen (secondary N) is 1. The lowest BCUT2D eigenvalue weighted by atomic mass is 10.0. The summed E-state index contributed by atoms with van der Waals surface area (Å²) in [6, 6.07) is 16.9. The van der Waals surface area contributed by atoms with Crippen LogP contribution in [0, 0.1) is 0 Å². The topological polar surface area (TPSA) is 47.0 Å². The molecule has 3 rings (SSSR count). The number of rotatable bonds is 6. The Hall–Kier alpha value is -2.72. The van der Waals surface area contributed by atoms with E-state index in [0.717, 1.165) is 23.4 Å². The summed E-state index contributed by atoms with van der Waals surface area (Å²) in [5, 5.41) is 3.56. The van der Waals surface area contributed by atoms with Crippen molar-refractivity contribution in [3.8, 4) is 16.9 Å². The molecule has 0 aliphatic carbocycles. The van der Waals surface area contributed by atoms with Crippen LogP contribution >= 0.6 is 0 Å². The second-order valence-corrected chi connectivity index (χ2v) is 5.68. The molecule has 2 aromatic carbocycles.